The molecular formula is C18H29N3OSi. The quantitative estimate of drug-likeness (QED) is 0.179. The summed E-state index contributed by atoms with van der Waals surface area (Å²) in [6.45, 7) is 15.0. The third-order valence-corrected chi connectivity index (χ3v) is 9.04. The van der Waals surface area contributed by atoms with Gasteiger partial charge in [0.2, 0.25) is 0 Å². The van der Waals surface area contributed by atoms with Crippen LogP contribution in [-0.2, 0) is 4.43 Å². The zero-order chi connectivity index (χ0) is 17.5. The summed E-state index contributed by atoms with van der Waals surface area (Å²) in [5.41, 5.74) is 9.94. The Balaban J connectivity index is 3.08. The van der Waals surface area contributed by atoms with Gasteiger partial charge in [0.15, 0.2) is 8.32 Å². The SMILES string of the molecule is C=CC[C@@H](C[C@H](O[Si](C)(C)C(C)(C)C)c1ccccc1)N=[N+]=[N-]. The standard InChI is InChI=1S/C18H29N3OSi/c1-7-11-16(20-21-19)14-17(15-12-9-8-10-13-15)22-23(5,6)18(2,3)4/h7-10,12-13,16-17H,1,11,14H2,2-6H3/t16-,17-/m0/s1. The van der Waals surface area contributed by atoms with Crippen molar-refractivity contribution in [1.29, 1.82) is 0 Å². The van der Waals surface area contributed by atoms with Gasteiger partial charge in [-0.15, -0.1) is 6.58 Å². The predicted octanol–water partition coefficient (Wildman–Crippen LogP) is 6.39. The molecule has 4 nitrogen and oxygen atoms in total. The van der Waals surface area contributed by atoms with Crippen molar-refractivity contribution in [2.75, 3.05) is 0 Å². The van der Waals surface area contributed by atoms with E-state index in [1.54, 1.807) is 6.08 Å². The van der Waals surface area contributed by atoms with E-state index in [0.717, 1.165) is 5.56 Å². The Morgan fingerprint density at radius 2 is 1.91 bits per heavy atom. The normalized spacial score (nSPS) is 14.7. The molecule has 0 heterocycles. The number of nitrogens with zero attached hydrogens (tertiary/aromatic N) is 3. The van der Waals surface area contributed by atoms with Gasteiger partial charge >= 0.3 is 0 Å². The Labute approximate surface area is 141 Å². The van der Waals surface area contributed by atoms with Crippen molar-refractivity contribution >= 4 is 8.32 Å². The summed E-state index contributed by atoms with van der Waals surface area (Å²) in [6, 6.07) is 10.1. The molecule has 0 fully saturated rings. The number of rotatable bonds is 8. The lowest BCUT2D eigenvalue weighted by atomic mass is 10.0. The Morgan fingerprint density at radius 1 is 1.30 bits per heavy atom. The van der Waals surface area contributed by atoms with Crippen LogP contribution in [0.3, 0.4) is 0 Å². The maximum Gasteiger partial charge on any atom is 0.192 e. The first-order valence-corrected chi connectivity index (χ1v) is 11.0. The van der Waals surface area contributed by atoms with Gasteiger partial charge in [0.05, 0.1) is 6.10 Å². The number of hydrogen-bond acceptors (Lipinski definition) is 2. The van der Waals surface area contributed by atoms with Crippen molar-refractivity contribution in [1.82, 2.24) is 0 Å². The van der Waals surface area contributed by atoms with Gasteiger partial charge in [-0.25, -0.2) is 0 Å². The molecular weight excluding hydrogens is 302 g/mol. The van der Waals surface area contributed by atoms with E-state index in [2.05, 4.69) is 62.6 Å². The van der Waals surface area contributed by atoms with E-state index < -0.39 is 8.32 Å². The lowest BCUT2D eigenvalue weighted by Gasteiger charge is -2.40. The number of azide groups is 1. The summed E-state index contributed by atoms with van der Waals surface area (Å²) in [5.74, 6) is 0. The smallest absolute Gasteiger partial charge is 0.192 e. The molecule has 0 aromatic heterocycles. The van der Waals surface area contributed by atoms with Gasteiger partial charge in [-0.1, -0.05) is 62.3 Å². The Hall–Kier alpha value is -1.55. The lowest BCUT2D eigenvalue weighted by Crippen LogP contribution is -2.42. The van der Waals surface area contributed by atoms with Crippen LogP contribution >= 0.6 is 0 Å². The molecule has 0 aliphatic rings. The Bertz CT molecular complexity index is 545. The van der Waals surface area contributed by atoms with Gasteiger partial charge in [-0.05, 0) is 42.1 Å². The number of benzene rings is 1. The first-order chi connectivity index (χ1) is 10.7. The monoisotopic (exact) mass is 331 g/mol. The second-order valence-electron chi connectivity index (χ2n) is 7.40. The Kier molecular flexibility index (Phi) is 7.07. The van der Waals surface area contributed by atoms with E-state index in [4.69, 9.17) is 9.96 Å². The molecule has 0 N–H and O–H groups in total. The molecule has 23 heavy (non-hydrogen) atoms. The molecule has 0 unspecified atom stereocenters. The molecule has 5 heteroatoms. The Morgan fingerprint density at radius 3 is 2.39 bits per heavy atom. The molecule has 0 amide bonds. The van der Waals surface area contributed by atoms with Crippen LogP contribution in [0.15, 0.2) is 48.1 Å². The maximum atomic E-state index is 8.80. The second-order valence-corrected chi connectivity index (χ2v) is 12.2. The molecule has 0 radical (unpaired) electrons. The highest BCUT2D eigenvalue weighted by atomic mass is 28.4. The molecule has 0 bridgehead atoms. The highest BCUT2D eigenvalue weighted by Gasteiger charge is 2.39. The summed E-state index contributed by atoms with van der Waals surface area (Å²) < 4.78 is 6.63. The van der Waals surface area contributed by atoms with Crippen molar-refractivity contribution in [3.63, 3.8) is 0 Å². The third kappa shape index (κ3) is 5.86. The molecule has 0 saturated heterocycles. The van der Waals surface area contributed by atoms with E-state index in [9.17, 15) is 0 Å². The summed E-state index contributed by atoms with van der Waals surface area (Å²) in [6.07, 6.45) is 3.07. The van der Waals surface area contributed by atoms with E-state index in [1.807, 2.05) is 18.2 Å². The van der Waals surface area contributed by atoms with Gasteiger partial charge < -0.3 is 4.43 Å². The lowest BCUT2D eigenvalue weighted by molar-refractivity contribution is 0.164. The fourth-order valence-corrected chi connectivity index (χ4v) is 3.45. The molecule has 2 atom stereocenters. The predicted molar refractivity (Wildman–Crippen MR) is 99.8 cm³/mol. The van der Waals surface area contributed by atoms with Gasteiger partial charge in [-0.2, -0.15) is 0 Å². The van der Waals surface area contributed by atoms with E-state index in [-0.39, 0.29) is 17.2 Å². The second kappa shape index (κ2) is 8.34. The zero-order valence-corrected chi connectivity index (χ0v) is 16.0. The van der Waals surface area contributed by atoms with E-state index in [1.165, 1.54) is 0 Å². The van der Waals surface area contributed by atoms with Crippen LogP contribution in [0.1, 0.15) is 45.3 Å². The van der Waals surface area contributed by atoms with Crippen molar-refractivity contribution in [2.45, 2.75) is 63.9 Å². The highest BCUT2D eigenvalue weighted by Crippen LogP contribution is 2.41. The van der Waals surface area contributed by atoms with E-state index >= 15 is 0 Å². The van der Waals surface area contributed by atoms with Crippen molar-refractivity contribution in [3.8, 4) is 0 Å². The molecule has 126 valence electrons. The van der Waals surface area contributed by atoms with Gasteiger partial charge in [-0.3, -0.25) is 0 Å². The minimum absolute atomic E-state index is 0.0625. The molecule has 1 rings (SSSR count). The van der Waals surface area contributed by atoms with Crippen LogP contribution in [0.2, 0.25) is 18.1 Å². The van der Waals surface area contributed by atoms with Crippen LogP contribution in [0.5, 0.6) is 0 Å². The van der Waals surface area contributed by atoms with Crippen LogP contribution < -0.4 is 0 Å². The van der Waals surface area contributed by atoms with Gasteiger partial charge in [0.25, 0.3) is 0 Å². The van der Waals surface area contributed by atoms with Crippen LogP contribution in [-0.4, -0.2) is 14.4 Å². The molecule has 0 aliphatic carbocycles. The van der Waals surface area contributed by atoms with Gasteiger partial charge in [0, 0.05) is 11.0 Å². The molecule has 1 aromatic carbocycles. The summed E-state index contributed by atoms with van der Waals surface area (Å²) in [4.78, 5) is 2.98. The first-order valence-electron chi connectivity index (χ1n) is 8.09. The fourth-order valence-electron chi connectivity index (χ4n) is 2.16. The molecule has 1 aromatic rings. The highest BCUT2D eigenvalue weighted by molar-refractivity contribution is 6.74. The minimum Gasteiger partial charge on any atom is -0.410 e. The molecule has 0 spiro atoms. The van der Waals surface area contributed by atoms with Crippen molar-refractivity contribution in [2.24, 2.45) is 5.11 Å². The third-order valence-electron chi connectivity index (χ3n) is 4.55. The molecule has 0 aliphatic heterocycles. The molecule has 0 saturated carbocycles. The fraction of sp³-hybridized carbons (Fsp3) is 0.556. The van der Waals surface area contributed by atoms with Crippen molar-refractivity contribution < 1.29 is 4.43 Å². The maximum absolute atomic E-state index is 8.80. The van der Waals surface area contributed by atoms with Crippen LogP contribution in [0, 0.1) is 0 Å². The minimum atomic E-state index is -1.92. The summed E-state index contributed by atoms with van der Waals surface area (Å²) >= 11 is 0. The number of hydrogen-bond donors (Lipinski definition) is 0. The van der Waals surface area contributed by atoms with Gasteiger partial charge in [0.1, 0.15) is 0 Å². The van der Waals surface area contributed by atoms with Crippen molar-refractivity contribution in [3.05, 3.63) is 59.0 Å². The average molecular weight is 332 g/mol. The van der Waals surface area contributed by atoms with Crippen LogP contribution in [0.4, 0.5) is 0 Å². The van der Waals surface area contributed by atoms with E-state index in [0.29, 0.717) is 12.8 Å². The topological polar surface area (TPSA) is 58.0 Å². The largest absolute Gasteiger partial charge is 0.410 e. The first kappa shape index (κ1) is 19.5. The summed E-state index contributed by atoms with van der Waals surface area (Å²) in [7, 11) is -1.92. The zero-order valence-electron chi connectivity index (χ0n) is 15.0. The summed E-state index contributed by atoms with van der Waals surface area (Å²) in [5, 5.41) is 4.05. The van der Waals surface area contributed by atoms with Crippen LogP contribution in [0.25, 0.3) is 10.4 Å². The average Bonchev–Trinajstić information content (AvgIpc) is 2.46.